The molecule has 3 rings (SSSR count). The summed E-state index contributed by atoms with van der Waals surface area (Å²) < 4.78 is 5.69. The summed E-state index contributed by atoms with van der Waals surface area (Å²) in [5.41, 5.74) is 3.44. The number of carbonyl (C=O) groups is 2. The minimum absolute atomic E-state index is 0.184. The van der Waals surface area contributed by atoms with Crippen LogP contribution in [-0.2, 0) is 6.54 Å². The number of hydroxylamine groups is 1. The maximum absolute atomic E-state index is 12.5. The third-order valence-corrected chi connectivity index (χ3v) is 3.93. The van der Waals surface area contributed by atoms with Crippen LogP contribution in [0.25, 0.3) is 0 Å². The van der Waals surface area contributed by atoms with E-state index < -0.39 is 5.91 Å². The molecule has 1 heterocycles. The van der Waals surface area contributed by atoms with Crippen LogP contribution in [0.1, 0.15) is 22.3 Å². The van der Waals surface area contributed by atoms with Crippen LogP contribution in [0.15, 0.2) is 48.5 Å². The highest BCUT2D eigenvalue weighted by molar-refractivity contribution is 5.94. The predicted molar refractivity (Wildman–Crippen MR) is 91.7 cm³/mol. The minimum atomic E-state index is -0.605. The monoisotopic (exact) mass is 341 g/mol. The number of benzene rings is 2. The van der Waals surface area contributed by atoms with Crippen LogP contribution in [0.4, 0.5) is 10.5 Å². The molecule has 7 nitrogen and oxygen atoms in total. The molecule has 0 atom stereocenters. The number of urea groups is 1. The Morgan fingerprint density at radius 2 is 1.92 bits per heavy atom. The summed E-state index contributed by atoms with van der Waals surface area (Å²) in [6.45, 7) is 1.37. The highest BCUT2D eigenvalue weighted by atomic mass is 16.5. The average Bonchev–Trinajstić information content (AvgIpc) is 2.62. The van der Waals surface area contributed by atoms with Crippen molar-refractivity contribution in [2.24, 2.45) is 0 Å². The molecular formula is C18H19N3O4. The topological polar surface area (TPSA) is 90.9 Å². The van der Waals surface area contributed by atoms with Gasteiger partial charge in [-0.25, -0.2) is 10.3 Å². The van der Waals surface area contributed by atoms with Crippen LogP contribution >= 0.6 is 0 Å². The number of amides is 3. The lowest BCUT2D eigenvalue weighted by Crippen LogP contribution is -2.37. The zero-order valence-corrected chi connectivity index (χ0v) is 13.6. The van der Waals surface area contributed by atoms with Gasteiger partial charge < -0.3 is 15.0 Å². The molecule has 0 fully saturated rings. The lowest BCUT2D eigenvalue weighted by molar-refractivity contribution is 0.0705. The standard InChI is InChI=1S/C18H19N3O4/c22-17(20-24)13-7-8-14-12-21(9-4-10-25-16(14)11-13)18(23)19-15-5-2-1-3-6-15/h1-3,5-8,11,24H,4,9-10,12H2,(H,19,23)(H,20,22). The highest BCUT2D eigenvalue weighted by Gasteiger charge is 2.20. The number of hydrogen-bond donors (Lipinski definition) is 3. The van der Waals surface area contributed by atoms with E-state index in [4.69, 9.17) is 9.94 Å². The number of carbonyl (C=O) groups excluding carboxylic acids is 2. The Kier molecular flexibility index (Phi) is 5.15. The van der Waals surface area contributed by atoms with Crippen molar-refractivity contribution in [2.45, 2.75) is 13.0 Å². The summed E-state index contributed by atoms with van der Waals surface area (Å²) in [6, 6.07) is 14.0. The van der Waals surface area contributed by atoms with Gasteiger partial charge in [0, 0.05) is 23.4 Å². The summed E-state index contributed by atoms with van der Waals surface area (Å²) in [7, 11) is 0. The van der Waals surface area contributed by atoms with E-state index in [2.05, 4.69) is 5.32 Å². The predicted octanol–water partition coefficient (Wildman–Crippen LogP) is 2.62. The Balaban J connectivity index is 1.77. The van der Waals surface area contributed by atoms with Crippen LogP contribution in [0, 0.1) is 0 Å². The fraction of sp³-hybridized carbons (Fsp3) is 0.222. The highest BCUT2D eigenvalue weighted by Crippen LogP contribution is 2.25. The smallest absolute Gasteiger partial charge is 0.322 e. The van der Waals surface area contributed by atoms with Gasteiger partial charge >= 0.3 is 6.03 Å². The molecule has 0 bridgehead atoms. The second-order valence-corrected chi connectivity index (χ2v) is 5.68. The summed E-state index contributed by atoms with van der Waals surface area (Å²) in [6.07, 6.45) is 0.679. The van der Waals surface area contributed by atoms with Crippen molar-refractivity contribution in [1.29, 1.82) is 0 Å². The van der Waals surface area contributed by atoms with Crippen LogP contribution in [0.3, 0.4) is 0 Å². The molecule has 0 saturated carbocycles. The van der Waals surface area contributed by atoms with E-state index in [1.165, 1.54) is 0 Å². The first-order chi connectivity index (χ1) is 12.2. The van der Waals surface area contributed by atoms with E-state index in [1.54, 1.807) is 28.6 Å². The molecule has 1 aliphatic heterocycles. The molecule has 0 spiro atoms. The molecule has 3 amide bonds. The molecule has 2 aromatic carbocycles. The number of fused-ring (bicyclic) bond motifs is 1. The Bertz CT molecular complexity index is 764. The van der Waals surface area contributed by atoms with Gasteiger partial charge in [-0.05, 0) is 30.7 Å². The largest absolute Gasteiger partial charge is 0.493 e. The summed E-state index contributed by atoms with van der Waals surface area (Å²) in [5, 5.41) is 11.6. The van der Waals surface area contributed by atoms with E-state index in [9.17, 15) is 9.59 Å². The first-order valence-electron chi connectivity index (χ1n) is 7.98. The number of nitrogens with one attached hydrogen (secondary N) is 2. The van der Waals surface area contributed by atoms with E-state index in [0.29, 0.717) is 37.4 Å². The Hall–Kier alpha value is -3.06. The fourth-order valence-corrected chi connectivity index (χ4v) is 2.64. The molecule has 0 aliphatic carbocycles. The molecular weight excluding hydrogens is 322 g/mol. The minimum Gasteiger partial charge on any atom is -0.493 e. The van der Waals surface area contributed by atoms with Gasteiger partial charge in [-0.15, -0.1) is 0 Å². The van der Waals surface area contributed by atoms with Gasteiger partial charge in [-0.3, -0.25) is 10.0 Å². The van der Waals surface area contributed by atoms with Crippen LogP contribution in [-0.4, -0.2) is 35.2 Å². The Morgan fingerprint density at radius 1 is 1.12 bits per heavy atom. The summed E-state index contributed by atoms with van der Waals surface area (Å²) in [4.78, 5) is 25.8. The molecule has 7 heteroatoms. The Labute approximate surface area is 145 Å². The van der Waals surface area contributed by atoms with Gasteiger partial charge in [0.2, 0.25) is 0 Å². The lowest BCUT2D eigenvalue weighted by Gasteiger charge is -2.27. The van der Waals surface area contributed by atoms with Gasteiger partial charge in [0.1, 0.15) is 5.75 Å². The van der Waals surface area contributed by atoms with Crippen molar-refractivity contribution in [3.05, 3.63) is 59.7 Å². The second-order valence-electron chi connectivity index (χ2n) is 5.68. The normalized spacial score (nSPS) is 13.7. The summed E-state index contributed by atoms with van der Waals surface area (Å²) in [5.74, 6) is -0.0644. The maximum Gasteiger partial charge on any atom is 0.322 e. The quantitative estimate of drug-likeness (QED) is 0.578. The van der Waals surface area contributed by atoms with E-state index in [0.717, 1.165) is 11.3 Å². The molecule has 2 aromatic rings. The van der Waals surface area contributed by atoms with Crippen molar-refractivity contribution in [1.82, 2.24) is 10.4 Å². The number of para-hydroxylation sites is 1. The van der Waals surface area contributed by atoms with E-state index >= 15 is 0 Å². The Morgan fingerprint density at radius 3 is 2.68 bits per heavy atom. The third-order valence-electron chi connectivity index (χ3n) is 3.93. The van der Waals surface area contributed by atoms with Gasteiger partial charge in [0.05, 0.1) is 13.2 Å². The molecule has 1 aliphatic rings. The zero-order valence-electron chi connectivity index (χ0n) is 13.6. The first-order valence-corrected chi connectivity index (χ1v) is 7.98. The van der Waals surface area contributed by atoms with Crippen molar-refractivity contribution in [2.75, 3.05) is 18.5 Å². The lowest BCUT2D eigenvalue weighted by atomic mass is 10.1. The molecule has 0 radical (unpaired) electrons. The second kappa shape index (κ2) is 7.67. The van der Waals surface area contributed by atoms with Crippen molar-refractivity contribution >= 4 is 17.6 Å². The molecule has 130 valence electrons. The molecule has 0 aromatic heterocycles. The number of rotatable bonds is 2. The van der Waals surface area contributed by atoms with Crippen molar-refractivity contribution in [3.8, 4) is 5.75 Å². The van der Waals surface area contributed by atoms with Gasteiger partial charge in [0.25, 0.3) is 5.91 Å². The van der Waals surface area contributed by atoms with E-state index in [-0.39, 0.29) is 6.03 Å². The number of anilines is 1. The SMILES string of the molecule is O=C(NO)c1ccc2c(c1)OCCCN(C(=O)Nc1ccccc1)C2. The first kappa shape index (κ1) is 16.8. The molecule has 0 saturated heterocycles. The van der Waals surface area contributed by atoms with E-state index in [1.807, 2.05) is 30.3 Å². The van der Waals surface area contributed by atoms with Crippen LogP contribution in [0.2, 0.25) is 0 Å². The van der Waals surface area contributed by atoms with Gasteiger partial charge in [-0.1, -0.05) is 24.3 Å². The van der Waals surface area contributed by atoms with Gasteiger partial charge in [-0.2, -0.15) is 0 Å². The van der Waals surface area contributed by atoms with Gasteiger partial charge in [0.15, 0.2) is 0 Å². The molecule has 3 N–H and O–H groups in total. The molecule has 0 unspecified atom stereocenters. The van der Waals surface area contributed by atoms with Crippen molar-refractivity contribution < 1.29 is 19.5 Å². The summed E-state index contributed by atoms with van der Waals surface area (Å²) >= 11 is 0. The number of ether oxygens (including phenoxy) is 1. The van der Waals surface area contributed by atoms with Crippen LogP contribution < -0.4 is 15.5 Å². The van der Waals surface area contributed by atoms with Crippen molar-refractivity contribution in [3.63, 3.8) is 0 Å². The van der Waals surface area contributed by atoms with Crippen LogP contribution in [0.5, 0.6) is 5.75 Å². The number of hydrogen-bond acceptors (Lipinski definition) is 4. The zero-order chi connectivity index (χ0) is 17.6. The number of nitrogens with zero attached hydrogens (tertiary/aromatic N) is 1. The fourth-order valence-electron chi connectivity index (χ4n) is 2.64. The maximum atomic E-state index is 12.5. The average molecular weight is 341 g/mol. The molecule has 25 heavy (non-hydrogen) atoms. The third kappa shape index (κ3) is 4.07.